The SMILES string of the molecule is CO/N=C(\C(=O)NC1C(=O)N2C3=C(COC3=O)CSC12)c1csc(N)n1. The van der Waals surface area contributed by atoms with Gasteiger partial charge in [-0.05, 0) is 0 Å². The van der Waals surface area contributed by atoms with E-state index in [2.05, 4.69) is 15.5 Å². The van der Waals surface area contributed by atoms with E-state index in [9.17, 15) is 14.4 Å². The molecule has 0 aromatic carbocycles. The molecule has 0 saturated carbocycles. The molecule has 3 aliphatic rings. The third-order valence-electron chi connectivity index (χ3n) is 4.07. The number of thioether (sulfide) groups is 1. The Labute approximate surface area is 155 Å². The van der Waals surface area contributed by atoms with Crippen LogP contribution in [0, 0.1) is 0 Å². The van der Waals surface area contributed by atoms with Gasteiger partial charge in [-0.2, -0.15) is 0 Å². The molecule has 2 amide bonds. The zero-order valence-corrected chi connectivity index (χ0v) is 15.1. The van der Waals surface area contributed by atoms with E-state index in [0.29, 0.717) is 11.4 Å². The van der Waals surface area contributed by atoms with Crippen LogP contribution in [0.2, 0.25) is 0 Å². The normalized spacial score (nSPS) is 24.7. The number of oxime groups is 1. The Bertz CT molecular complexity index is 879. The van der Waals surface area contributed by atoms with Crippen molar-refractivity contribution in [3.05, 3.63) is 22.3 Å². The minimum absolute atomic E-state index is 0.0762. The number of ether oxygens (including phenoxy) is 1. The number of fused-ring (bicyclic) bond motifs is 2. The molecule has 12 heteroatoms. The number of nitrogens with one attached hydrogen (secondary N) is 1. The van der Waals surface area contributed by atoms with Crippen molar-refractivity contribution in [2.24, 2.45) is 5.16 Å². The first-order valence-electron chi connectivity index (χ1n) is 7.48. The summed E-state index contributed by atoms with van der Waals surface area (Å²) in [4.78, 5) is 47.0. The van der Waals surface area contributed by atoms with Crippen molar-refractivity contribution in [3.8, 4) is 0 Å². The number of rotatable bonds is 4. The smallest absolute Gasteiger partial charge is 0.355 e. The summed E-state index contributed by atoms with van der Waals surface area (Å²) in [6.45, 7) is 0.213. The first kappa shape index (κ1) is 16.8. The molecule has 1 saturated heterocycles. The molecule has 136 valence electrons. The molecule has 10 nitrogen and oxygen atoms in total. The number of esters is 1. The highest BCUT2D eigenvalue weighted by Crippen LogP contribution is 2.42. The molecule has 0 spiro atoms. The van der Waals surface area contributed by atoms with E-state index in [0.717, 1.165) is 16.9 Å². The molecule has 26 heavy (non-hydrogen) atoms. The predicted molar refractivity (Wildman–Crippen MR) is 93.1 cm³/mol. The third-order valence-corrected chi connectivity index (χ3v) is 6.08. The van der Waals surface area contributed by atoms with Gasteiger partial charge in [0.25, 0.3) is 11.8 Å². The lowest BCUT2D eigenvalue weighted by molar-refractivity contribution is -0.150. The maximum absolute atomic E-state index is 12.6. The number of nitrogen functional groups attached to an aromatic ring is 1. The van der Waals surface area contributed by atoms with Gasteiger partial charge in [0.1, 0.15) is 36.5 Å². The summed E-state index contributed by atoms with van der Waals surface area (Å²) in [6.07, 6.45) is 0. The fourth-order valence-corrected chi connectivity index (χ4v) is 4.78. The van der Waals surface area contributed by atoms with Gasteiger partial charge < -0.3 is 20.6 Å². The second kappa shape index (κ2) is 6.29. The van der Waals surface area contributed by atoms with Crippen LogP contribution in [0.4, 0.5) is 5.13 Å². The molecule has 4 heterocycles. The Morgan fingerprint density at radius 3 is 3.04 bits per heavy atom. The zero-order chi connectivity index (χ0) is 18.4. The predicted octanol–water partition coefficient (Wildman–Crippen LogP) is -0.713. The van der Waals surface area contributed by atoms with E-state index in [1.54, 1.807) is 5.38 Å². The summed E-state index contributed by atoms with van der Waals surface area (Å²) < 4.78 is 4.99. The molecule has 1 fully saturated rings. The van der Waals surface area contributed by atoms with E-state index in [1.807, 2.05) is 0 Å². The quantitative estimate of drug-likeness (QED) is 0.295. The number of amides is 2. The number of hydrogen-bond acceptors (Lipinski definition) is 10. The van der Waals surface area contributed by atoms with Crippen LogP contribution in [0.5, 0.6) is 0 Å². The van der Waals surface area contributed by atoms with Gasteiger partial charge in [-0.15, -0.1) is 23.1 Å². The number of nitrogens with two attached hydrogens (primary N) is 1. The summed E-state index contributed by atoms with van der Waals surface area (Å²) >= 11 is 2.62. The fourth-order valence-electron chi connectivity index (χ4n) is 2.91. The van der Waals surface area contributed by atoms with Crippen LogP contribution in [0.25, 0.3) is 0 Å². The van der Waals surface area contributed by atoms with Crippen molar-refractivity contribution >= 4 is 51.7 Å². The lowest BCUT2D eigenvalue weighted by Crippen LogP contribution is -2.70. The third kappa shape index (κ3) is 2.52. The topological polar surface area (TPSA) is 136 Å². The second-order valence-electron chi connectivity index (χ2n) is 5.58. The van der Waals surface area contributed by atoms with Crippen LogP contribution in [0.15, 0.2) is 21.8 Å². The lowest BCUT2D eigenvalue weighted by Gasteiger charge is -2.48. The van der Waals surface area contributed by atoms with Crippen molar-refractivity contribution in [1.82, 2.24) is 15.2 Å². The number of nitrogens with zero attached hydrogens (tertiary/aromatic N) is 3. The molecular weight excluding hydrogens is 382 g/mol. The summed E-state index contributed by atoms with van der Waals surface area (Å²) in [5, 5.41) is 7.82. The number of thiazole rings is 1. The second-order valence-corrected chi connectivity index (χ2v) is 7.58. The van der Waals surface area contributed by atoms with Gasteiger partial charge in [-0.25, -0.2) is 9.78 Å². The first-order chi connectivity index (χ1) is 12.5. The number of carbonyl (C=O) groups excluding carboxylic acids is 3. The summed E-state index contributed by atoms with van der Waals surface area (Å²) in [6, 6.07) is -0.770. The Morgan fingerprint density at radius 2 is 2.35 bits per heavy atom. The molecule has 3 N–H and O–H groups in total. The van der Waals surface area contributed by atoms with Crippen molar-refractivity contribution in [2.75, 3.05) is 25.2 Å². The zero-order valence-electron chi connectivity index (χ0n) is 13.4. The number of hydrogen-bond donors (Lipinski definition) is 2. The van der Waals surface area contributed by atoms with Crippen LogP contribution in [-0.4, -0.2) is 64.3 Å². The van der Waals surface area contributed by atoms with Crippen molar-refractivity contribution in [1.29, 1.82) is 0 Å². The first-order valence-corrected chi connectivity index (χ1v) is 9.41. The van der Waals surface area contributed by atoms with Crippen LogP contribution in [0.3, 0.4) is 0 Å². The maximum atomic E-state index is 12.6. The highest BCUT2D eigenvalue weighted by Gasteiger charge is 2.55. The maximum Gasteiger partial charge on any atom is 0.355 e. The largest absolute Gasteiger partial charge is 0.456 e. The molecule has 0 bridgehead atoms. The van der Waals surface area contributed by atoms with Gasteiger partial charge >= 0.3 is 5.97 Å². The van der Waals surface area contributed by atoms with Crippen molar-refractivity contribution in [2.45, 2.75) is 11.4 Å². The molecular formula is C14H13N5O5S2. The minimum Gasteiger partial charge on any atom is -0.456 e. The van der Waals surface area contributed by atoms with E-state index < -0.39 is 17.9 Å². The van der Waals surface area contributed by atoms with Crippen molar-refractivity contribution < 1.29 is 24.0 Å². The highest BCUT2D eigenvalue weighted by atomic mass is 32.2. The minimum atomic E-state index is -0.770. The Kier molecular flexibility index (Phi) is 4.07. The van der Waals surface area contributed by atoms with Crippen LogP contribution in [-0.2, 0) is 24.0 Å². The van der Waals surface area contributed by atoms with E-state index in [1.165, 1.54) is 23.8 Å². The average molecular weight is 395 g/mol. The highest BCUT2D eigenvalue weighted by molar-refractivity contribution is 8.00. The summed E-state index contributed by atoms with van der Waals surface area (Å²) in [5.41, 5.74) is 6.88. The van der Waals surface area contributed by atoms with Gasteiger partial charge in [0.05, 0.1) is 0 Å². The van der Waals surface area contributed by atoms with Crippen molar-refractivity contribution in [3.63, 3.8) is 0 Å². The summed E-state index contributed by atoms with van der Waals surface area (Å²) in [5.74, 6) is -0.896. The Hall–Kier alpha value is -2.60. The summed E-state index contributed by atoms with van der Waals surface area (Å²) in [7, 11) is 1.30. The number of carbonyl (C=O) groups is 3. The number of cyclic esters (lactones) is 1. The van der Waals surface area contributed by atoms with Gasteiger partial charge in [-0.1, -0.05) is 5.16 Å². The monoisotopic (exact) mass is 395 g/mol. The van der Waals surface area contributed by atoms with Crippen LogP contribution < -0.4 is 11.1 Å². The number of β-lactam (4-membered cyclic amide) rings is 1. The number of aromatic nitrogens is 1. The number of anilines is 1. The van der Waals surface area contributed by atoms with E-state index >= 15 is 0 Å². The molecule has 0 aliphatic carbocycles. The van der Waals surface area contributed by atoms with Gasteiger partial charge in [0.15, 0.2) is 10.8 Å². The molecule has 3 aliphatic heterocycles. The molecule has 2 atom stereocenters. The molecule has 1 aromatic rings. The Balaban J connectivity index is 1.51. The van der Waals surface area contributed by atoms with Gasteiger partial charge in [0, 0.05) is 16.7 Å². The van der Waals surface area contributed by atoms with Crippen LogP contribution >= 0.6 is 23.1 Å². The fraction of sp³-hybridized carbons (Fsp3) is 0.357. The lowest BCUT2D eigenvalue weighted by atomic mass is 10.0. The van der Waals surface area contributed by atoms with E-state index in [-0.39, 0.29) is 34.4 Å². The molecule has 4 rings (SSSR count). The van der Waals surface area contributed by atoms with Crippen LogP contribution in [0.1, 0.15) is 5.69 Å². The average Bonchev–Trinajstić information content (AvgIpc) is 3.22. The molecule has 2 unspecified atom stereocenters. The standard InChI is InChI=1S/C14H13N5O5S2/c1-23-18-7(6-4-26-14(15)16-6)10(20)17-8-11(21)19-9-5(2-24-13(9)22)3-25-12(8)19/h4,8,12H,2-3H2,1H3,(H2,15,16)(H,17,20)/b18-7-. The molecule has 0 radical (unpaired) electrons. The van der Waals surface area contributed by atoms with Gasteiger partial charge in [-0.3, -0.25) is 14.5 Å². The Morgan fingerprint density at radius 1 is 1.54 bits per heavy atom. The van der Waals surface area contributed by atoms with E-state index in [4.69, 9.17) is 15.3 Å². The molecule has 1 aromatic heterocycles. The van der Waals surface area contributed by atoms with Gasteiger partial charge in [0.2, 0.25) is 0 Å².